The summed E-state index contributed by atoms with van der Waals surface area (Å²) in [5.41, 5.74) is 1.63. The van der Waals surface area contributed by atoms with Crippen LogP contribution in [0.1, 0.15) is 45.4 Å². The molecule has 14 heavy (non-hydrogen) atoms. The highest BCUT2D eigenvalue weighted by molar-refractivity contribution is 5.05. The van der Waals surface area contributed by atoms with E-state index in [9.17, 15) is 0 Å². The first-order valence-electron chi connectivity index (χ1n) is 6.22. The molecule has 0 bridgehead atoms. The molecule has 0 spiro atoms. The minimum Gasteiger partial charge on any atom is -0.317 e. The molecule has 0 unspecified atom stereocenters. The zero-order valence-electron chi connectivity index (χ0n) is 9.39. The minimum absolute atomic E-state index is 0.909. The lowest BCUT2D eigenvalue weighted by Crippen LogP contribution is -2.28. The number of rotatable bonds is 2. The molecule has 0 amide bonds. The third kappa shape index (κ3) is 2.84. The summed E-state index contributed by atoms with van der Waals surface area (Å²) in [4.78, 5) is 0. The molecule has 0 aromatic carbocycles. The van der Waals surface area contributed by atoms with E-state index < -0.39 is 0 Å². The lowest BCUT2D eigenvalue weighted by atomic mass is 9.82. The zero-order valence-corrected chi connectivity index (χ0v) is 9.39. The van der Waals surface area contributed by atoms with Crippen LogP contribution in [0.15, 0.2) is 11.6 Å². The van der Waals surface area contributed by atoms with E-state index in [0.29, 0.717) is 0 Å². The van der Waals surface area contributed by atoms with Crippen LogP contribution in [0.3, 0.4) is 0 Å². The standard InChI is InChI=1S/C13H23N/c1-11-3-2-4-13(9-11)10-12-5-7-14-8-6-12/h9,12-14H,2-8,10H2,1H3/t13-/m1/s1. The molecule has 80 valence electrons. The fourth-order valence-electron chi connectivity index (χ4n) is 2.94. The second kappa shape index (κ2) is 4.97. The molecule has 0 saturated carbocycles. The number of piperidine rings is 1. The molecule has 1 nitrogen and oxygen atoms in total. The Kier molecular flexibility index (Phi) is 3.63. The molecule has 0 aromatic rings. The van der Waals surface area contributed by atoms with Crippen LogP contribution in [0.2, 0.25) is 0 Å². The maximum Gasteiger partial charge on any atom is -0.00463 e. The fourth-order valence-corrected chi connectivity index (χ4v) is 2.94. The summed E-state index contributed by atoms with van der Waals surface area (Å²) < 4.78 is 0. The van der Waals surface area contributed by atoms with Gasteiger partial charge in [-0.2, -0.15) is 0 Å². The summed E-state index contributed by atoms with van der Waals surface area (Å²) in [5, 5.41) is 3.45. The third-order valence-electron chi connectivity index (χ3n) is 3.76. The summed E-state index contributed by atoms with van der Waals surface area (Å²) >= 11 is 0. The van der Waals surface area contributed by atoms with Gasteiger partial charge in [0.15, 0.2) is 0 Å². The van der Waals surface area contributed by atoms with E-state index in [1.807, 2.05) is 0 Å². The van der Waals surface area contributed by atoms with Crippen molar-refractivity contribution in [2.45, 2.75) is 45.4 Å². The van der Waals surface area contributed by atoms with Crippen molar-refractivity contribution >= 4 is 0 Å². The number of hydrogen-bond acceptors (Lipinski definition) is 1. The predicted octanol–water partition coefficient (Wildman–Crippen LogP) is 3.12. The van der Waals surface area contributed by atoms with Crippen molar-refractivity contribution in [3.05, 3.63) is 11.6 Å². The molecule has 1 aliphatic carbocycles. The molecule has 2 aliphatic rings. The Bertz CT molecular complexity index is 201. The lowest BCUT2D eigenvalue weighted by molar-refractivity contribution is 0.308. The highest BCUT2D eigenvalue weighted by atomic mass is 14.9. The molecule has 1 saturated heterocycles. The van der Waals surface area contributed by atoms with Crippen molar-refractivity contribution in [2.24, 2.45) is 11.8 Å². The van der Waals surface area contributed by atoms with Gasteiger partial charge in [-0.25, -0.2) is 0 Å². The first-order chi connectivity index (χ1) is 6.84. The van der Waals surface area contributed by atoms with Gasteiger partial charge in [0.05, 0.1) is 0 Å². The van der Waals surface area contributed by atoms with Crippen LogP contribution in [-0.2, 0) is 0 Å². The quantitative estimate of drug-likeness (QED) is 0.664. The molecule has 1 heterocycles. The van der Waals surface area contributed by atoms with Crippen LogP contribution >= 0.6 is 0 Å². The third-order valence-corrected chi connectivity index (χ3v) is 3.76. The van der Waals surface area contributed by atoms with Gasteiger partial charge < -0.3 is 5.32 Å². The second-order valence-corrected chi connectivity index (χ2v) is 5.09. The molecule has 1 fully saturated rings. The van der Waals surface area contributed by atoms with E-state index in [4.69, 9.17) is 0 Å². The molecule has 1 N–H and O–H groups in total. The highest BCUT2D eigenvalue weighted by Crippen LogP contribution is 2.30. The van der Waals surface area contributed by atoms with Crippen molar-refractivity contribution in [3.8, 4) is 0 Å². The van der Waals surface area contributed by atoms with E-state index in [1.54, 1.807) is 5.57 Å². The van der Waals surface area contributed by atoms with Crippen LogP contribution < -0.4 is 5.32 Å². The molecule has 1 atom stereocenters. The fraction of sp³-hybridized carbons (Fsp3) is 0.846. The molecule has 0 radical (unpaired) electrons. The van der Waals surface area contributed by atoms with Gasteiger partial charge in [-0.3, -0.25) is 0 Å². The van der Waals surface area contributed by atoms with Crippen molar-refractivity contribution in [1.82, 2.24) is 5.32 Å². The van der Waals surface area contributed by atoms with E-state index in [-0.39, 0.29) is 0 Å². The van der Waals surface area contributed by atoms with Gasteiger partial charge in [-0.1, -0.05) is 11.6 Å². The Morgan fingerprint density at radius 1 is 1.29 bits per heavy atom. The SMILES string of the molecule is CC1=C[C@H](CC2CCNCC2)CCC1. The Balaban J connectivity index is 1.80. The Morgan fingerprint density at radius 3 is 2.79 bits per heavy atom. The maximum absolute atomic E-state index is 3.45. The number of hydrogen-bond donors (Lipinski definition) is 1. The summed E-state index contributed by atoms with van der Waals surface area (Å²) in [5.74, 6) is 1.91. The van der Waals surface area contributed by atoms with Gasteiger partial charge in [-0.15, -0.1) is 0 Å². The Labute approximate surface area is 88.0 Å². The monoisotopic (exact) mass is 193 g/mol. The summed E-state index contributed by atoms with van der Waals surface area (Å²) in [6.45, 7) is 4.80. The smallest absolute Gasteiger partial charge is 0.00463 e. The normalized spacial score (nSPS) is 30.1. The molecule has 1 heteroatoms. The molecule has 2 rings (SSSR count). The van der Waals surface area contributed by atoms with Crippen molar-refractivity contribution < 1.29 is 0 Å². The first-order valence-corrected chi connectivity index (χ1v) is 6.22. The van der Waals surface area contributed by atoms with Crippen LogP contribution in [0.5, 0.6) is 0 Å². The molecule has 0 aromatic heterocycles. The zero-order chi connectivity index (χ0) is 9.80. The van der Waals surface area contributed by atoms with Crippen molar-refractivity contribution in [3.63, 3.8) is 0 Å². The van der Waals surface area contributed by atoms with Crippen molar-refractivity contribution in [1.29, 1.82) is 0 Å². The van der Waals surface area contributed by atoms with E-state index in [1.165, 1.54) is 51.6 Å². The molecule has 1 aliphatic heterocycles. The number of allylic oxidation sites excluding steroid dienone is 2. The number of nitrogens with one attached hydrogen (secondary N) is 1. The topological polar surface area (TPSA) is 12.0 Å². The van der Waals surface area contributed by atoms with Gasteiger partial charge in [0.2, 0.25) is 0 Å². The second-order valence-electron chi connectivity index (χ2n) is 5.09. The Hall–Kier alpha value is -0.300. The van der Waals surface area contributed by atoms with E-state index in [0.717, 1.165) is 11.8 Å². The average Bonchev–Trinajstić information content (AvgIpc) is 2.19. The van der Waals surface area contributed by atoms with E-state index >= 15 is 0 Å². The van der Waals surface area contributed by atoms with Gasteiger partial charge in [-0.05, 0) is 70.4 Å². The van der Waals surface area contributed by atoms with Gasteiger partial charge >= 0.3 is 0 Å². The largest absolute Gasteiger partial charge is 0.317 e. The van der Waals surface area contributed by atoms with Crippen LogP contribution in [0.25, 0.3) is 0 Å². The Morgan fingerprint density at radius 2 is 2.07 bits per heavy atom. The maximum atomic E-state index is 3.45. The molecular weight excluding hydrogens is 170 g/mol. The molecular formula is C13H23N. The summed E-state index contributed by atoms with van der Waals surface area (Å²) in [7, 11) is 0. The van der Waals surface area contributed by atoms with Gasteiger partial charge in [0.1, 0.15) is 0 Å². The van der Waals surface area contributed by atoms with Gasteiger partial charge in [0, 0.05) is 0 Å². The predicted molar refractivity (Wildman–Crippen MR) is 61.3 cm³/mol. The first kappa shape index (κ1) is 10.2. The van der Waals surface area contributed by atoms with Crippen LogP contribution in [0.4, 0.5) is 0 Å². The summed E-state index contributed by atoms with van der Waals surface area (Å²) in [6.07, 6.45) is 11.0. The van der Waals surface area contributed by atoms with Gasteiger partial charge in [0.25, 0.3) is 0 Å². The van der Waals surface area contributed by atoms with E-state index in [2.05, 4.69) is 18.3 Å². The van der Waals surface area contributed by atoms with Crippen molar-refractivity contribution in [2.75, 3.05) is 13.1 Å². The highest BCUT2D eigenvalue weighted by Gasteiger charge is 2.19. The summed E-state index contributed by atoms with van der Waals surface area (Å²) in [6, 6.07) is 0. The van der Waals surface area contributed by atoms with Crippen LogP contribution in [0, 0.1) is 11.8 Å². The minimum atomic E-state index is 0.909. The lowest BCUT2D eigenvalue weighted by Gasteiger charge is -2.27. The average molecular weight is 193 g/mol. The van der Waals surface area contributed by atoms with Crippen LogP contribution in [-0.4, -0.2) is 13.1 Å².